The van der Waals surface area contributed by atoms with Crippen LogP contribution in [-0.2, 0) is 0 Å². The topological polar surface area (TPSA) is 72.0 Å². The van der Waals surface area contributed by atoms with E-state index in [1.807, 2.05) is 0 Å². The van der Waals surface area contributed by atoms with Crippen molar-refractivity contribution in [1.82, 2.24) is 9.97 Å². The Hall–Kier alpha value is -1.40. The molecule has 1 heterocycles. The van der Waals surface area contributed by atoms with Crippen LogP contribution in [0.25, 0.3) is 11.0 Å². The van der Waals surface area contributed by atoms with Crippen molar-refractivity contribution in [2.75, 3.05) is 0 Å². The summed E-state index contributed by atoms with van der Waals surface area (Å²) in [6.45, 7) is 0. The Balaban J connectivity index is 2.97. The van der Waals surface area contributed by atoms with Gasteiger partial charge in [-0.05, 0) is 0 Å². The van der Waals surface area contributed by atoms with Crippen molar-refractivity contribution in [3.05, 3.63) is 21.4 Å². The number of phenolic OH excluding ortho intramolecular Hbond substituents is 2. The summed E-state index contributed by atoms with van der Waals surface area (Å²) >= 11 is 9.84. The SMILES string of the molecule is Oc1cc2[nH]c(=S)c(=S)[nH]c2cc1O. The first-order chi connectivity index (χ1) is 6.58. The van der Waals surface area contributed by atoms with Crippen LogP contribution in [0.2, 0.25) is 0 Å². The van der Waals surface area contributed by atoms with Crippen LogP contribution in [-0.4, -0.2) is 20.2 Å². The first kappa shape index (κ1) is 9.17. The molecule has 1 aromatic heterocycles. The maximum Gasteiger partial charge on any atom is 0.159 e. The number of H-pyrrole nitrogens is 2. The summed E-state index contributed by atoms with van der Waals surface area (Å²) in [5, 5.41) is 18.5. The van der Waals surface area contributed by atoms with Gasteiger partial charge in [0.1, 0.15) is 9.28 Å². The van der Waals surface area contributed by atoms with Crippen molar-refractivity contribution >= 4 is 35.5 Å². The maximum absolute atomic E-state index is 9.23. The minimum atomic E-state index is -0.200. The Morgan fingerprint density at radius 1 is 0.857 bits per heavy atom. The molecule has 4 N–H and O–H groups in total. The van der Waals surface area contributed by atoms with E-state index in [0.717, 1.165) is 0 Å². The summed E-state index contributed by atoms with van der Waals surface area (Å²) in [5.74, 6) is -0.401. The predicted octanol–water partition coefficient (Wildman–Crippen LogP) is 2.37. The fourth-order valence-electron chi connectivity index (χ4n) is 1.14. The lowest BCUT2D eigenvalue weighted by atomic mass is 10.2. The van der Waals surface area contributed by atoms with Gasteiger partial charge in [0.25, 0.3) is 0 Å². The lowest BCUT2D eigenvalue weighted by Gasteiger charge is -2.01. The Morgan fingerprint density at radius 3 is 1.57 bits per heavy atom. The van der Waals surface area contributed by atoms with E-state index in [9.17, 15) is 10.2 Å². The van der Waals surface area contributed by atoms with Gasteiger partial charge >= 0.3 is 0 Å². The van der Waals surface area contributed by atoms with Crippen molar-refractivity contribution < 1.29 is 10.2 Å². The molecule has 0 radical (unpaired) electrons. The Labute approximate surface area is 88.9 Å². The smallest absolute Gasteiger partial charge is 0.159 e. The average Bonchev–Trinajstić information content (AvgIpc) is 2.11. The van der Waals surface area contributed by atoms with Gasteiger partial charge in [0.2, 0.25) is 0 Å². The summed E-state index contributed by atoms with van der Waals surface area (Å²) in [6, 6.07) is 2.76. The Morgan fingerprint density at radius 2 is 1.21 bits per heavy atom. The second kappa shape index (κ2) is 3.07. The monoisotopic (exact) mass is 226 g/mol. The summed E-state index contributed by atoms with van der Waals surface area (Å²) < 4.78 is 0.801. The molecular weight excluding hydrogens is 220 g/mol. The molecule has 72 valence electrons. The predicted molar refractivity (Wildman–Crippen MR) is 57.6 cm³/mol. The van der Waals surface area contributed by atoms with Gasteiger partial charge in [-0.3, -0.25) is 0 Å². The van der Waals surface area contributed by atoms with Crippen LogP contribution in [0.5, 0.6) is 11.5 Å². The number of nitrogens with one attached hydrogen (secondary N) is 2. The van der Waals surface area contributed by atoms with Crippen molar-refractivity contribution in [1.29, 1.82) is 0 Å². The zero-order chi connectivity index (χ0) is 10.3. The highest BCUT2D eigenvalue weighted by atomic mass is 32.1. The number of aromatic amines is 2. The van der Waals surface area contributed by atoms with Gasteiger partial charge in [0, 0.05) is 12.1 Å². The summed E-state index contributed by atoms with van der Waals surface area (Å²) in [4.78, 5) is 5.67. The molecule has 0 amide bonds. The molecule has 0 aliphatic heterocycles. The van der Waals surface area contributed by atoms with Gasteiger partial charge in [-0.25, -0.2) is 0 Å². The zero-order valence-electron chi connectivity index (χ0n) is 6.87. The van der Waals surface area contributed by atoms with Crippen molar-refractivity contribution in [3.8, 4) is 11.5 Å². The highest BCUT2D eigenvalue weighted by Gasteiger charge is 2.02. The fraction of sp³-hybridized carbons (Fsp3) is 0. The molecular formula is C8H6N2O2S2. The number of benzene rings is 1. The number of aromatic hydroxyl groups is 2. The third kappa shape index (κ3) is 1.38. The molecule has 1 aromatic carbocycles. The third-order valence-corrected chi connectivity index (χ3v) is 2.56. The molecule has 0 unspecified atom stereocenters. The summed E-state index contributed by atoms with van der Waals surface area (Å²) in [7, 11) is 0. The summed E-state index contributed by atoms with van der Waals surface area (Å²) in [6.07, 6.45) is 0. The standard InChI is InChI=1S/C8H6N2O2S2/c11-5-1-3-4(2-6(5)12)10-8(14)7(13)9-3/h1-2,11-12H,(H,9,13)(H,10,14). The molecule has 0 fully saturated rings. The molecule has 0 aliphatic rings. The van der Waals surface area contributed by atoms with E-state index >= 15 is 0 Å². The second-order valence-electron chi connectivity index (χ2n) is 2.79. The number of rotatable bonds is 0. The third-order valence-electron chi connectivity index (χ3n) is 1.82. The molecule has 0 spiro atoms. The number of fused-ring (bicyclic) bond motifs is 1. The van der Waals surface area contributed by atoms with E-state index in [0.29, 0.717) is 20.3 Å². The van der Waals surface area contributed by atoms with E-state index in [2.05, 4.69) is 9.97 Å². The van der Waals surface area contributed by atoms with Gasteiger partial charge < -0.3 is 20.2 Å². The van der Waals surface area contributed by atoms with Crippen molar-refractivity contribution in [3.63, 3.8) is 0 Å². The van der Waals surface area contributed by atoms with Gasteiger partial charge in [-0.2, -0.15) is 0 Å². The first-order valence-electron chi connectivity index (χ1n) is 3.76. The number of phenols is 2. The Bertz CT molecular complexity index is 560. The molecule has 2 aromatic rings. The molecule has 4 nitrogen and oxygen atoms in total. The fourth-order valence-corrected chi connectivity index (χ4v) is 1.46. The quantitative estimate of drug-likeness (QED) is 0.411. The molecule has 0 bridgehead atoms. The second-order valence-corrected chi connectivity index (χ2v) is 3.61. The highest BCUT2D eigenvalue weighted by molar-refractivity contribution is 7.73. The maximum atomic E-state index is 9.23. The first-order valence-corrected chi connectivity index (χ1v) is 4.58. The zero-order valence-corrected chi connectivity index (χ0v) is 8.50. The molecule has 2 rings (SSSR count). The minimum absolute atomic E-state index is 0.200. The van der Waals surface area contributed by atoms with Gasteiger partial charge in [0.05, 0.1) is 11.0 Å². The van der Waals surface area contributed by atoms with Crippen LogP contribution in [0.1, 0.15) is 0 Å². The van der Waals surface area contributed by atoms with Crippen LogP contribution >= 0.6 is 24.4 Å². The molecule has 0 saturated heterocycles. The van der Waals surface area contributed by atoms with Crippen LogP contribution in [0.3, 0.4) is 0 Å². The molecule has 0 saturated carbocycles. The van der Waals surface area contributed by atoms with E-state index < -0.39 is 0 Å². The molecule has 0 aliphatic carbocycles. The largest absolute Gasteiger partial charge is 0.504 e. The van der Waals surface area contributed by atoms with Crippen molar-refractivity contribution in [2.45, 2.75) is 0 Å². The van der Waals surface area contributed by atoms with Crippen LogP contribution < -0.4 is 0 Å². The number of hydrogen-bond donors (Lipinski definition) is 4. The van der Waals surface area contributed by atoms with E-state index in [-0.39, 0.29) is 11.5 Å². The molecule has 14 heavy (non-hydrogen) atoms. The minimum Gasteiger partial charge on any atom is -0.504 e. The lowest BCUT2D eigenvalue weighted by molar-refractivity contribution is 0.404. The molecule has 0 atom stereocenters. The number of hydrogen-bond acceptors (Lipinski definition) is 4. The van der Waals surface area contributed by atoms with Crippen molar-refractivity contribution in [2.24, 2.45) is 0 Å². The van der Waals surface area contributed by atoms with Gasteiger partial charge in [-0.1, -0.05) is 24.4 Å². The van der Waals surface area contributed by atoms with Crippen LogP contribution in [0.15, 0.2) is 12.1 Å². The molecule has 6 heteroatoms. The number of aromatic nitrogens is 2. The van der Waals surface area contributed by atoms with Crippen LogP contribution in [0.4, 0.5) is 0 Å². The summed E-state index contributed by atoms with van der Waals surface area (Å²) in [5.41, 5.74) is 1.19. The van der Waals surface area contributed by atoms with E-state index in [1.54, 1.807) is 0 Å². The normalized spacial score (nSPS) is 10.6. The lowest BCUT2D eigenvalue weighted by Crippen LogP contribution is -1.85. The Kier molecular flexibility index (Phi) is 2.01. The van der Waals surface area contributed by atoms with Gasteiger partial charge in [0.15, 0.2) is 11.5 Å². The van der Waals surface area contributed by atoms with E-state index in [4.69, 9.17) is 24.4 Å². The van der Waals surface area contributed by atoms with Crippen LogP contribution in [0, 0.1) is 9.28 Å². The van der Waals surface area contributed by atoms with Gasteiger partial charge in [-0.15, -0.1) is 0 Å². The highest BCUT2D eigenvalue weighted by Crippen LogP contribution is 2.27. The average molecular weight is 226 g/mol. The van der Waals surface area contributed by atoms with E-state index in [1.165, 1.54) is 12.1 Å².